The first-order valence-corrected chi connectivity index (χ1v) is 6.53. The lowest BCUT2D eigenvalue weighted by Crippen LogP contribution is -1.95. The maximum atomic E-state index is 10.7. The highest BCUT2D eigenvalue weighted by Crippen LogP contribution is 2.36. The number of hydrazone groups is 1. The first-order chi connectivity index (χ1) is 11.0. The molecule has 0 aliphatic heterocycles. The maximum absolute atomic E-state index is 10.7. The zero-order valence-corrected chi connectivity index (χ0v) is 12.5. The van der Waals surface area contributed by atoms with E-state index in [1.807, 2.05) is 0 Å². The topological polar surface area (TPSA) is 106 Å². The molecule has 0 aliphatic rings. The van der Waals surface area contributed by atoms with Gasteiger partial charge in [0, 0.05) is 17.7 Å². The van der Waals surface area contributed by atoms with Crippen LogP contribution in [-0.4, -0.2) is 30.5 Å². The first kappa shape index (κ1) is 16.1. The summed E-state index contributed by atoms with van der Waals surface area (Å²) in [4.78, 5) is 10.2. The molecular formula is C15H15N3O5. The summed E-state index contributed by atoms with van der Waals surface area (Å²) in [6.45, 7) is 0. The van der Waals surface area contributed by atoms with Crippen molar-refractivity contribution in [1.82, 2.24) is 0 Å². The normalized spacial score (nSPS) is 10.5. The number of aromatic hydroxyl groups is 1. The molecule has 120 valence electrons. The van der Waals surface area contributed by atoms with E-state index in [0.717, 1.165) is 0 Å². The highest BCUT2D eigenvalue weighted by Gasteiger charge is 2.10. The van der Waals surface area contributed by atoms with Gasteiger partial charge in [-0.15, -0.1) is 0 Å². The predicted octanol–water partition coefficient (Wildman–Crippen LogP) is 2.76. The van der Waals surface area contributed by atoms with Crippen molar-refractivity contribution in [1.29, 1.82) is 0 Å². The van der Waals surface area contributed by atoms with Crippen LogP contribution in [0.2, 0.25) is 0 Å². The minimum Gasteiger partial charge on any atom is -0.502 e. The van der Waals surface area contributed by atoms with E-state index in [9.17, 15) is 15.2 Å². The number of rotatable bonds is 6. The summed E-state index contributed by atoms with van der Waals surface area (Å²) in [6, 6.07) is 9.14. The summed E-state index contributed by atoms with van der Waals surface area (Å²) in [7, 11) is 2.85. The summed E-state index contributed by atoms with van der Waals surface area (Å²) in [6.07, 6.45) is 1.48. The lowest BCUT2D eigenvalue weighted by atomic mass is 10.2. The van der Waals surface area contributed by atoms with Gasteiger partial charge in [0.05, 0.1) is 31.0 Å². The van der Waals surface area contributed by atoms with E-state index in [0.29, 0.717) is 11.3 Å². The van der Waals surface area contributed by atoms with E-state index < -0.39 is 4.92 Å². The molecule has 0 atom stereocenters. The zero-order chi connectivity index (χ0) is 16.8. The van der Waals surface area contributed by atoms with E-state index in [2.05, 4.69) is 10.5 Å². The van der Waals surface area contributed by atoms with E-state index in [-0.39, 0.29) is 22.9 Å². The smallest absolute Gasteiger partial charge is 0.271 e. The summed E-state index contributed by atoms with van der Waals surface area (Å²) in [5, 5.41) is 24.5. The Morgan fingerprint density at radius 3 is 2.43 bits per heavy atom. The van der Waals surface area contributed by atoms with Gasteiger partial charge in [0.1, 0.15) is 0 Å². The highest BCUT2D eigenvalue weighted by molar-refractivity contribution is 5.83. The Kier molecular flexibility index (Phi) is 4.98. The second-order valence-electron chi connectivity index (χ2n) is 4.45. The number of non-ortho nitro benzene ring substituents is 1. The van der Waals surface area contributed by atoms with Crippen LogP contribution in [0.15, 0.2) is 41.5 Å². The number of anilines is 1. The second-order valence-corrected chi connectivity index (χ2v) is 4.45. The molecule has 0 radical (unpaired) electrons. The van der Waals surface area contributed by atoms with Gasteiger partial charge in [0.15, 0.2) is 11.5 Å². The summed E-state index contributed by atoms with van der Waals surface area (Å²) >= 11 is 0. The van der Waals surface area contributed by atoms with Gasteiger partial charge in [0.25, 0.3) is 5.69 Å². The van der Waals surface area contributed by atoms with Crippen molar-refractivity contribution in [3.05, 3.63) is 52.1 Å². The summed E-state index contributed by atoms with van der Waals surface area (Å²) in [5.41, 5.74) is 3.77. The number of benzene rings is 2. The SMILES string of the molecule is COc1cc(/C=N/Nc2cccc([N+](=O)[O-])c2)cc(OC)c1O. The molecule has 0 bridgehead atoms. The number of phenolic OH excluding ortho intramolecular Hbond substituents is 1. The highest BCUT2D eigenvalue weighted by atomic mass is 16.6. The quantitative estimate of drug-likeness (QED) is 0.482. The molecule has 0 saturated carbocycles. The van der Waals surface area contributed by atoms with E-state index in [1.54, 1.807) is 24.3 Å². The van der Waals surface area contributed by atoms with Gasteiger partial charge in [-0.2, -0.15) is 5.10 Å². The number of nitro benzene ring substituents is 1. The van der Waals surface area contributed by atoms with Gasteiger partial charge in [-0.3, -0.25) is 15.5 Å². The fourth-order valence-corrected chi connectivity index (χ4v) is 1.86. The number of hydrogen-bond donors (Lipinski definition) is 2. The summed E-state index contributed by atoms with van der Waals surface area (Å²) in [5.74, 6) is 0.404. The molecule has 0 unspecified atom stereocenters. The number of nitrogens with one attached hydrogen (secondary N) is 1. The Hall–Kier alpha value is -3.29. The zero-order valence-electron chi connectivity index (χ0n) is 12.5. The molecule has 2 aromatic rings. The van der Waals surface area contributed by atoms with Crippen molar-refractivity contribution in [3.63, 3.8) is 0 Å². The maximum Gasteiger partial charge on any atom is 0.271 e. The van der Waals surface area contributed by atoms with Crippen LogP contribution in [0.25, 0.3) is 0 Å². The number of phenols is 1. The van der Waals surface area contributed by atoms with E-state index >= 15 is 0 Å². The lowest BCUT2D eigenvalue weighted by molar-refractivity contribution is -0.384. The molecule has 8 heteroatoms. The van der Waals surface area contributed by atoms with Crippen LogP contribution >= 0.6 is 0 Å². The Morgan fingerprint density at radius 1 is 1.22 bits per heavy atom. The Labute approximate surface area is 132 Å². The van der Waals surface area contributed by atoms with Crippen molar-refractivity contribution >= 4 is 17.6 Å². The van der Waals surface area contributed by atoms with Crippen LogP contribution in [-0.2, 0) is 0 Å². The third-order valence-corrected chi connectivity index (χ3v) is 2.97. The van der Waals surface area contributed by atoms with Gasteiger partial charge in [-0.05, 0) is 18.2 Å². The largest absolute Gasteiger partial charge is 0.502 e. The molecule has 0 heterocycles. The van der Waals surface area contributed by atoms with Crippen LogP contribution in [0.4, 0.5) is 11.4 Å². The van der Waals surface area contributed by atoms with Crippen LogP contribution < -0.4 is 14.9 Å². The number of methoxy groups -OCH3 is 2. The molecular weight excluding hydrogens is 302 g/mol. The van der Waals surface area contributed by atoms with Gasteiger partial charge >= 0.3 is 0 Å². The van der Waals surface area contributed by atoms with Crippen LogP contribution in [0.3, 0.4) is 0 Å². The molecule has 2 rings (SSSR count). The molecule has 8 nitrogen and oxygen atoms in total. The molecule has 0 aliphatic carbocycles. The van der Waals surface area contributed by atoms with Gasteiger partial charge < -0.3 is 14.6 Å². The second kappa shape index (κ2) is 7.12. The third-order valence-electron chi connectivity index (χ3n) is 2.97. The Balaban J connectivity index is 2.17. The molecule has 0 spiro atoms. The molecule has 23 heavy (non-hydrogen) atoms. The monoisotopic (exact) mass is 317 g/mol. The minimum absolute atomic E-state index is 0.0295. The first-order valence-electron chi connectivity index (χ1n) is 6.53. The van der Waals surface area contributed by atoms with Gasteiger partial charge in [-0.25, -0.2) is 0 Å². The molecule has 2 N–H and O–H groups in total. The van der Waals surface area contributed by atoms with Crippen LogP contribution in [0.1, 0.15) is 5.56 Å². The molecule has 0 fully saturated rings. The Morgan fingerprint density at radius 2 is 1.87 bits per heavy atom. The van der Waals surface area contributed by atoms with Crippen molar-refractivity contribution in [2.45, 2.75) is 0 Å². The number of ether oxygens (including phenoxy) is 2. The fraction of sp³-hybridized carbons (Fsp3) is 0.133. The average molecular weight is 317 g/mol. The molecule has 2 aromatic carbocycles. The minimum atomic E-state index is -0.482. The summed E-state index contributed by atoms with van der Waals surface area (Å²) < 4.78 is 10.1. The lowest BCUT2D eigenvalue weighted by Gasteiger charge is -2.09. The van der Waals surface area contributed by atoms with Gasteiger partial charge in [-0.1, -0.05) is 6.07 Å². The molecule has 0 saturated heterocycles. The van der Waals surface area contributed by atoms with Crippen molar-refractivity contribution < 1.29 is 19.5 Å². The van der Waals surface area contributed by atoms with Crippen molar-refractivity contribution in [3.8, 4) is 17.2 Å². The van der Waals surface area contributed by atoms with Crippen molar-refractivity contribution in [2.24, 2.45) is 5.10 Å². The molecule has 0 aromatic heterocycles. The van der Waals surface area contributed by atoms with Crippen LogP contribution in [0.5, 0.6) is 17.2 Å². The molecule has 0 amide bonds. The van der Waals surface area contributed by atoms with Crippen LogP contribution in [0, 0.1) is 10.1 Å². The van der Waals surface area contributed by atoms with E-state index in [4.69, 9.17) is 9.47 Å². The number of hydrogen-bond acceptors (Lipinski definition) is 7. The standard InChI is InChI=1S/C15H15N3O5/c1-22-13-6-10(7-14(23-2)15(13)19)9-16-17-11-4-3-5-12(8-11)18(20)21/h3-9,17,19H,1-2H3/b16-9+. The number of nitrogens with zero attached hydrogens (tertiary/aromatic N) is 2. The van der Waals surface area contributed by atoms with Gasteiger partial charge in [0.2, 0.25) is 5.75 Å². The Bertz CT molecular complexity index is 721. The third kappa shape index (κ3) is 3.88. The fourth-order valence-electron chi connectivity index (χ4n) is 1.86. The predicted molar refractivity (Wildman–Crippen MR) is 85.5 cm³/mol. The average Bonchev–Trinajstić information content (AvgIpc) is 2.56. The van der Waals surface area contributed by atoms with Crippen molar-refractivity contribution in [2.75, 3.05) is 19.6 Å². The van der Waals surface area contributed by atoms with E-state index in [1.165, 1.54) is 32.6 Å². The number of nitro groups is 1.